The average molecular weight is 396 g/mol. The smallest absolute Gasteiger partial charge is 0.256 e. The minimum Gasteiger partial charge on any atom is -0.372 e. The summed E-state index contributed by atoms with van der Waals surface area (Å²) in [7, 11) is 0. The second-order valence-electron chi connectivity index (χ2n) is 8.96. The van der Waals surface area contributed by atoms with Crippen LogP contribution in [0.3, 0.4) is 0 Å². The molecule has 29 heavy (non-hydrogen) atoms. The van der Waals surface area contributed by atoms with Crippen molar-refractivity contribution in [3.8, 4) is 0 Å². The minimum atomic E-state index is -0.143. The van der Waals surface area contributed by atoms with Gasteiger partial charge in [-0.05, 0) is 49.3 Å². The van der Waals surface area contributed by atoms with E-state index in [-0.39, 0.29) is 11.3 Å². The molecule has 1 aliphatic heterocycles. The Morgan fingerprint density at radius 1 is 1.14 bits per heavy atom. The molecule has 0 spiro atoms. The quantitative estimate of drug-likeness (QED) is 0.746. The molecule has 1 amide bonds. The standard InChI is InChI=1S/C23H33N5O/c1-17-25-15-20(21(27-17)26-16-23(2,3)4)22(29)24-12-11-18-7-9-19(10-8-18)28-13-5-6-14-28/h7-10,15H,5-6,11-14,16H2,1-4H3,(H,24,29)(H,25,26,27). The fraction of sp³-hybridized carbons (Fsp3) is 0.522. The Kier molecular flexibility index (Phi) is 6.72. The first-order valence-corrected chi connectivity index (χ1v) is 10.5. The molecule has 2 heterocycles. The number of nitrogens with one attached hydrogen (secondary N) is 2. The van der Waals surface area contributed by atoms with Crippen molar-refractivity contribution in [1.29, 1.82) is 0 Å². The lowest BCUT2D eigenvalue weighted by Crippen LogP contribution is -2.28. The molecule has 0 saturated carbocycles. The predicted octanol–water partition coefficient (Wildman–Crippen LogP) is 3.82. The van der Waals surface area contributed by atoms with Crippen LogP contribution >= 0.6 is 0 Å². The molecule has 6 heteroatoms. The van der Waals surface area contributed by atoms with Crippen LogP contribution in [0.2, 0.25) is 0 Å². The van der Waals surface area contributed by atoms with Crippen LogP contribution in [-0.4, -0.2) is 42.1 Å². The van der Waals surface area contributed by atoms with Crippen LogP contribution in [0.4, 0.5) is 11.5 Å². The maximum absolute atomic E-state index is 12.7. The first-order chi connectivity index (χ1) is 13.8. The lowest BCUT2D eigenvalue weighted by Gasteiger charge is -2.20. The summed E-state index contributed by atoms with van der Waals surface area (Å²) in [5.74, 6) is 1.10. The van der Waals surface area contributed by atoms with Crippen molar-refractivity contribution in [1.82, 2.24) is 15.3 Å². The molecule has 0 bridgehead atoms. The Labute approximate surface area is 174 Å². The Bertz CT molecular complexity index is 820. The maximum Gasteiger partial charge on any atom is 0.256 e. The van der Waals surface area contributed by atoms with E-state index in [4.69, 9.17) is 0 Å². The van der Waals surface area contributed by atoms with Gasteiger partial charge in [0.15, 0.2) is 0 Å². The molecular formula is C23H33N5O. The van der Waals surface area contributed by atoms with Crippen LogP contribution in [0.15, 0.2) is 30.5 Å². The molecule has 2 N–H and O–H groups in total. The number of benzene rings is 1. The van der Waals surface area contributed by atoms with Crippen molar-refractivity contribution in [2.24, 2.45) is 5.41 Å². The molecule has 0 radical (unpaired) electrons. The summed E-state index contributed by atoms with van der Waals surface area (Å²) in [4.78, 5) is 23.7. The molecule has 0 aliphatic carbocycles. The average Bonchev–Trinajstić information content (AvgIpc) is 3.21. The van der Waals surface area contributed by atoms with E-state index in [1.54, 1.807) is 6.20 Å². The molecule has 1 aromatic carbocycles. The van der Waals surface area contributed by atoms with Gasteiger partial charge in [0.1, 0.15) is 17.2 Å². The van der Waals surface area contributed by atoms with E-state index >= 15 is 0 Å². The largest absolute Gasteiger partial charge is 0.372 e. The topological polar surface area (TPSA) is 70.2 Å². The Morgan fingerprint density at radius 3 is 2.48 bits per heavy atom. The van der Waals surface area contributed by atoms with Crippen molar-refractivity contribution >= 4 is 17.4 Å². The van der Waals surface area contributed by atoms with Gasteiger partial charge in [-0.25, -0.2) is 9.97 Å². The van der Waals surface area contributed by atoms with Crippen LogP contribution in [0.25, 0.3) is 0 Å². The molecule has 0 unspecified atom stereocenters. The summed E-state index contributed by atoms with van der Waals surface area (Å²) in [5.41, 5.74) is 3.10. The second kappa shape index (κ2) is 9.25. The number of nitrogens with zero attached hydrogens (tertiary/aromatic N) is 3. The van der Waals surface area contributed by atoms with E-state index in [1.165, 1.54) is 24.1 Å². The molecule has 3 rings (SSSR count). The highest BCUT2D eigenvalue weighted by molar-refractivity contribution is 5.98. The minimum absolute atomic E-state index is 0.0911. The van der Waals surface area contributed by atoms with Gasteiger partial charge in [-0.2, -0.15) is 0 Å². The zero-order valence-corrected chi connectivity index (χ0v) is 18.1. The monoisotopic (exact) mass is 395 g/mol. The zero-order valence-electron chi connectivity index (χ0n) is 18.1. The number of carbonyl (C=O) groups is 1. The second-order valence-corrected chi connectivity index (χ2v) is 8.96. The van der Waals surface area contributed by atoms with Crippen molar-refractivity contribution in [2.45, 2.75) is 47.0 Å². The van der Waals surface area contributed by atoms with Crippen LogP contribution in [0, 0.1) is 12.3 Å². The number of carbonyl (C=O) groups excluding carboxylic acids is 1. The van der Waals surface area contributed by atoms with Crippen molar-refractivity contribution in [3.63, 3.8) is 0 Å². The molecule has 0 atom stereocenters. The van der Waals surface area contributed by atoms with Gasteiger partial charge in [-0.1, -0.05) is 32.9 Å². The SMILES string of the molecule is Cc1ncc(C(=O)NCCc2ccc(N3CCCC3)cc2)c(NCC(C)(C)C)n1. The summed E-state index contributed by atoms with van der Waals surface area (Å²) >= 11 is 0. The first kappa shape index (κ1) is 21.1. The van der Waals surface area contributed by atoms with Gasteiger partial charge < -0.3 is 15.5 Å². The lowest BCUT2D eigenvalue weighted by atomic mass is 9.97. The number of anilines is 2. The number of hydrogen-bond acceptors (Lipinski definition) is 5. The normalized spacial score (nSPS) is 14.1. The third-order valence-corrected chi connectivity index (χ3v) is 5.05. The number of amides is 1. The summed E-state index contributed by atoms with van der Waals surface area (Å²) < 4.78 is 0. The highest BCUT2D eigenvalue weighted by atomic mass is 16.1. The maximum atomic E-state index is 12.7. The van der Waals surface area contributed by atoms with Gasteiger partial charge in [-0.15, -0.1) is 0 Å². The van der Waals surface area contributed by atoms with Gasteiger partial charge in [0, 0.05) is 38.1 Å². The van der Waals surface area contributed by atoms with Crippen molar-refractivity contribution < 1.29 is 4.79 Å². The summed E-state index contributed by atoms with van der Waals surface area (Å²) in [6.45, 7) is 11.9. The van der Waals surface area contributed by atoms with E-state index in [0.29, 0.717) is 23.8 Å². The number of aryl methyl sites for hydroxylation is 1. The molecule has 1 aliphatic rings. The van der Waals surface area contributed by atoms with Crippen LogP contribution in [-0.2, 0) is 6.42 Å². The van der Waals surface area contributed by atoms with Crippen molar-refractivity contribution in [3.05, 3.63) is 47.4 Å². The van der Waals surface area contributed by atoms with E-state index in [9.17, 15) is 4.79 Å². The fourth-order valence-corrected chi connectivity index (χ4v) is 3.38. The van der Waals surface area contributed by atoms with E-state index in [0.717, 1.165) is 26.1 Å². The third kappa shape index (κ3) is 6.17. The van der Waals surface area contributed by atoms with Crippen LogP contribution < -0.4 is 15.5 Å². The first-order valence-electron chi connectivity index (χ1n) is 10.5. The number of aromatic nitrogens is 2. The molecule has 6 nitrogen and oxygen atoms in total. The molecule has 1 fully saturated rings. The fourth-order valence-electron chi connectivity index (χ4n) is 3.38. The Hall–Kier alpha value is -2.63. The number of hydrogen-bond donors (Lipinski definition) is 2. The lowest BCUT2D eigenvalue weighted by molar-refractivity contribution is 0.0954. The molecule has 1 saturated heterocycles. The van der Waals surface area contributed by atoms with E-state index in [2.05, 4.69) is 70.5 Å². The molecular weight excluding hydrogens is 362 g/mol. The predicted molar refractivity (Wildman–Crippen MR) is 119 cm³/mol. The van der Waals surface area contributed by atoms with Crippen LogP contribution in [0.5, 0.6) is 0 Å². The Morgan fingerprint density at radius 2 is 1.83 bits per heavy atom. The third-order valence-electron chi connectivity index (χ3n) is 5.05. The molecule has 2 aromatic rings. The summed E-state index contributed by atoms with van der Waals surface area (Å²) in [6.07, 6.45) is 4.96. The highest BCUT2D eigenvalue weighted by Gasteiger charge is 2.17. The van der Waals surface area contributed by atoms with Gasteiger partial charge >= 0.3 is 0 Å². The van der Waals surface area contributed by atoms with Crippen molar-refractivity contribution in [2.75, 3.05) is 36.4 Å². The van der Waals surface area contributed by atoms with Gasteiger partial charge in [0.2, 0.25) is 0 Å². The van der Waals surface area contributed by atoms with Gasteiger partial charge in [-0.3, -0.25) is 4.79 Å². The zero-order chi connectivity index (χ0) is 20.9. The Balaban J connectivity index is 1.55. The summed E-state index contributed by atoms with van der Waals surface area (Å²) in [6, 6.07) is 8.69. The molecule has 1 aromatic heterocycles. The summed E-state index contributed by atoms with van der Waals surface area (Å²) in [5, 5.41) is 6.30. The van der Waals surface area contributed by atoms with Crippen LogP contribution in [0.1, 0.15) is 55.4 Å². The highest BCUT2D eigenvalue weighted by Crippen LogP contribution is 2.21. The van der Waals surface area contributed by atoms with E-state index < -0.39 is 0 Å². The van der Waals surface area contributed by atoms with Gasteiger partial charge in [0.25, 0.3) is 5.91 Å². The van der Waals surface area contributed by atoms with E-state index in [1.807, 2.05) is 6.92 Å². The molecule has 156 valence electrons. The number of rotatable bonds is 7. The van der Waals surface area contributed by atoms with Gasteiger partial charge in [0.05, 0.1) is 0 Å².